The minimum absolute atomic E-state index is 0.0111. The molecule has 0 saturated carbocycles. The molecule has 266 valence electrons. The van der Waals surface area contributed by atoms with Gasteiger partial charge in [-0.2, -0.15) is 18.3 Å². The molecule has 2 aromatic carbocycles. The number of ether oxygens (including phenoxy) is 4. The van der Waals surface area contributed by atoms with E-state index < -0.39 is 41.0 Å². The van der Waals surface area contributed by atoms with Crippen LogP contribution in [0.25, 0.3) is 5.69 Å². The molecule has 0 fully saturated rings. The van der Waals surface area contributed by atoms with Crippen LogP contribution < -0.4 is 9.47 Å². The molecule has 0 radical (unpaired) electrons. The molecular weight excluding hydrogens is 645 g/mol. The highest BCUT2D eigenvalue weighted by Crippen LogP contribution is 2.35. The summed E-state index contributed by atoms with van der Waals surface area (Å²) in [6, 6.07) is 12.4. The van der Waals surface area contributed by atoms with E-state index in [1.807, 2.05) is 0 Å². The Hall–Kier alpha value is -4.75. The van der Waals surface area contributed by atoms with Crippen molar-refractivity contribution >= 4 is 18.0 Å². The zero-order valence-corrected chi connectivity index (χ0v) is 28.8. The van der Waals surface area contributed by atoms with E-state index in [4.69, 9.17) is 18.9 Å². The van der Waals surface area contributed by atoms with E-state index in [0.29, 0.717) is 35.8 Å². The summed E-state index contributed by atoms with van der Waals surface area (Å²) in [7, 11) is 1.55. The molecule has 1 aliphatic rings. The molecule has 2 heterocycles. The molecule has 1 aromatic heterocycles. The van der Waals surface area contributed by atoms with Crippen LogP contribution in [0.2, 0.25) is 0 Å². The first-order valence-electron chi connectivity index (χ1n) is 15.9. The van der Waals surface area contributed by atoms with E-state index in [-0.39, 0.29) is 43.9 Å². The van der Waals surface area contributed by atoms with E-state index >= 15 is 0 Å². The summed E-state index contributed by atoms with van der Waals surface area (Å²) < 4.78 is 64.9. The fourth-order valence-corrected chi connectivity index (χ4v) is 4.89. The first-order chi connectivity index (χ1) is 22.8. The number of alkyl halides is 3. The number of carbonyl (C=O) groups is 3. The summed E-state index contributed by atoms with van der Waals surface area (Å²) in [5.41, 5.74) is -1.55. The van der Waals surface area contributed by atoms with Crippen molar-refractivity contribution in [1.29, 1.82) is 0 Å². The Bertz CT molecular complexity index is 1660. The van der Waals surface area contributed by atoms with E-state index in [1.54, 1.807) is 85.0 Å². The van der Waals surface area contributed by atoms with Gasteiger partial charge >= 0.3 is 18.4 Å². The molecule has 0 N–H and O–H groups in total. The number of aromatic nitrogens is 2. The summed E-state index contributed by atoms with van der Waals surface area (Å²) in [5.74, 6) is 0.517. The molecule has 0 aliphatic carbocycles. The van der Waals surface area contributed by atoms with Gasteiger partial charge in [-0.15, -0.1) is 0 Å². The van der Waals surface area contributed by atoms with Crippen LogP contribution in [0, 0.1) is 0 Å². The largest absolute Gasteiger partial charge is 0.486 e. The molecule has 3 aromatic rings. The second-order valence-corrected chi connectivity index (χ2v) is 13.7. The third kappa shape index (κ3) is 10.4. The normalized spacial score (nSPS) is 13.1. The maximum Gasteiger partial charge on any atom is 0.435 e. The Morgan fingerprint density at radius 3 is 2.20 bits per heavy atom. The van der Waals surface area contributed by atoms with Crippen LogP contribution in [0.4, 0.5) is 22.8 Å². The molecule has 0 saturated heterocycles. The van der Waals surface area contributed by atoms with Gasteiger partial charge in [0.25, 0.3) is 0 Å². The zero-order valence-electron chi connectivity index (χ0n) is 28.8. The van der Waals surface area contributed by atoms with Gasteiger partial charge in [-0.3, -0.25) is 4.79 Å². The van der Waals surface area contributed by atoms with E-state index in [1.165, 1.54) is 15.9 Å². The Morgan fingerprint density at radius 1 is 0.878 bits per heavy atom. The molecule has 2 amide bonds. The minimum Gasteiger partial charge on any atom is -0.486 e. The quantitative estimate of drug-likeness (QED) is 0.208. The van der Waals surface area contributed by atoms with Crippen molar-refractivity contribution in [3.05, 3.63) is 71.0 Å². The van der Waals surface area contributed by atoms with Crippen LogP contribution in [0.3, 0.4) is 0 Å². The Morgan fingerprint density at radius 2 is 1.53 bits per heavy atom. The number of hydrogen-bond acceptors (Lipinski definition) is 8. The number of ketones is 1. The maximum atomic E-state index is 13.9. The highest BCUT2D eigenvalue weighted by atomic mass is 19.4. The second kappa shape index (κ2) is 14.8. The van der Waals surface area contributed by atoms with Crippen molar-refractivity contribution in [2.24, 2.45) is 0 Å². The fraction of sp³-hybridized carbons (Fsp3) is 0.486. The molecule has 0 spiro atoms. The van der Waals surface area contributed by atoms with Crippen molar-refractivity contribution in [2.75, 3.05) is 33.4 Å². The second-order valence-electron chi connectivity index (χ2n) is 13.7. The number of benzene rings is 2. The third-order valence-corrected chi connectivity index (χ3v) is 7.15. The average Bonchev–Trinajstić information content (AvgIpc) is 3.47. The predicted molar refractivity (Wildman–Crippen MR) is 174 cm³/mol. The summed E-state index contributed by atoms with van der Waals surface area (Å²) >= 11 is 0. The van der Waals surface area contributed by atoms with Gasteiger partial charge in [0, 0.05) is 39.2 Å². The number of para-hydroxylation sites is 1. The number of aryl methyl sites for hydroxylation is 1. The lowest BCUT2D eigenvalue weighted by Gasteiger charge is -2.30. The molecule has 49 heavy (non-hydrogen) atoms. The van der Waals surface area contributed by atoms with E-state index in [9.17, 15) is 27.6 Å². The predicted octanol–water partition coefficient (Wildman–Crippen LogP) is 7.08. The number of nitrogens with zero attached hydrogens (tertiary/aromatic N) is 4. The number of likely N-dealkylation sites (N-methyl/N-ethyl adjacent to an activating group) is 1. The fourth-order valence-electron chi connectivity index (χ4n) is 4.89. The maximum absolute atomic E-state index is 13.9. The van der Waals surface area contributed by atoms with Crippen molar-refractivity contribution in [2.45, 2.75) is 78.3 Å². The van der Waals surface area contributed by atoms with Crippen LogP contribution in [0.5, 0.6) is 11.5 Å². The number of rotatable bonds is 10. The smallest absolute Gasteiger partial charge is 0.435 e. The lowest BCUT2D eigenvalue weighted by atomic mass is 10.0. The van der Waals surface area contributed by atoms with Gasteiger partial charge in [-0.05, 0) is 77.3 Å². The Labute approximate surface area is 283 Å². The summed E-state index contributed by atoms with van der Waals surface area (Å²) in [6.45, 7) is 11.3. The molecule has 0 bridgehead atoms. The number of hydrogen-bond donors (Lipinski definition) is 0. The molecule has 1 aliphatic heterocycles. The number of halogens is 3. The van der Waals surface area contributed by atoms with Gasteiger partial charge in [-0.25, -0.2) is 14.3 Å². The van der Waals surface area contributed by atoms with Gasteiger partial charge in [0.1, 0.15) is 30.1 Å². The van der Waals surface area contributed by atoms with Gasteiger partial charge in [0.15, 0.2) is 23.0 Å². The van der Waals surface area contributed by atoms with Crippen LogP contribution in [0.15, 0.2) is 48.5 Å². The standard InChI is InChI=1S/C35H43F3N4O7/c1-33(2,3)48-31(44)40(7)16-17-41(32(45)49-34(4,5)6)22-23-10-8-12-25(20-23)42-26(21-29(39-42)35(36,37)38)27(43)15-14-24-11-9-13-28-30(24)47-19-18-46-28/h8-13,20-21H,14-19,22H2,1-7H3. The SMILES string of the molecule is CN(CCN(Cc1cccc(-n2nc(C(F)(F)F)cc2C(=O)CCc2cccc3c2OCCO3)c1)C(=O)OC(C)(C)C)C(=O)OC(C)(C)C. The molecule has 14 heteroatoms. The lowest BCUT2D eigenvalue weighted by molar-refractivity contribution is -0.141. The molecule has 11 nitrogen and oxygen atoms in total. The first-order valence-corrected chi connectivity index (χ1v) is 15.9. The van der Waals surface area contributed by atoms with Gasteiger partial charge in [0.2, 0.25) is 0 Å². The minimum atomic E-state index is -4.80. The van der Waals surface area contributed by atoms with Crippen LogP contribution in [0.1, 0.15) is 75.3 Å². The summed E-state index contributed by atoms with van der Waals surface area (Å²) in [6.07, 6.45) is -5.92. The van der Waals surface area contributed by atoms with Crippen molar-refractivity contribution in [3.8, 4) is 17.2 Å². The van der Waals surface area contributed by atoms with Crippen LogP contribution >= 0.6 is 0 Å². The molecular formula is C35H43F3N4O7. The highest BCUT2D eigenvalue weighted by Gasteiger charge is 2.36. The first kappa shape index (κ1) is 37.1. The van der Waals surface area contributed by atoms with Crippen LogP contribution in [-0.4, -0.2) is 82.1 Å². The number of amides is 2. The van der Waals surface area contributed by atoms with Gasteiger partial charge in [0.05, 0.1) is 5.69 Å². The monoisotopic (exact) mass is 688 g/mol. The van der Waals surface area contributed by atoms with Crippen LogP contribution in [-0.2, 0) is 28.6 Å². The zero-order chi connectivity index (χ0) is 36.1. The number of Topliss-reactive ketones (excluding diaryl/α,β-unsaturated/α-hetero) is 1. The number of carbonyl (C=O) groups excluding carboxylic acids is 3. The Kier molecular flexibility index (Phi) is 11.2. The van der Waals surface area contributed by atoms with Crippen molar-refractivity contribution in [1.82, 2.24) is 19.6 Å². The molecule has 4 rings (SSSR count). The van der Waals surface area contributed by atoms with Gasteiger partial charge in [-0.1, -0.05) is 24.3 Å². The topological polar surface area (TPSA) is 112 Å². The van der Waals surface area contributed by atoms with Crippen molar-refractivity contribution in [3.63, 3.8) is 0 Å². The Balaban J connectivity index is 1.58. The average molecular weight is 689 g/mol. The lowest BCUT2D eigenvalue weighted by Crippen LogP contribution is -2.42. The number of fused-ring (bicyclic) bond motifs is 1. The van der Waals surface area contributed by atoms with E-state index in [0.717, 1.165) is 10.7 Å². The van der Waals surface area contributed by atoms with Gasteiger partial charge < -0.3 is 28.7 Å². The van der Waals surface area contributed by atoms with E-state index in [2.05, 4.69) is 5.10 Å². The summed E-state index contributed by atoms with van der Waals surface area (Å²) in [5, 5.41) is 3.77. The highest BCUT2D eigenvalue weighted by molar-refractivity contribution is 5.95. The molecule has 0 atom stereocenters. The summed E-state index contributed by atoms with van der Waals surface area (Å²) in [4.78, 5) is 42.0. The molecule has 0 unspecified atom stereocenters. The third-order valence-electron chi connectivity index (χ3n) is 7.15. The van der Waals surface area contributed by atoms with Crippen molar-refractivity contribution < 1.29 is 46.5 Å².